The Bertz CT molecular complexity index is 787. The molecule has 0 bridgehead atoms. The SMILES string of the molecule is CC(=O)Nc1cccc(-c2nc(CC(=O)NCCN3CCOCC3)cs2)c1. The zero-order valence-electron chi connectivity index (χ0n) is 15.4. The van der Waals surface area contributed by atoms with E-state index in [1.54, 1.807) is 0 Å². The van der Waals surface area contributed by atoms with Gasteiger partial charge in [-0.1, -0.05) is 12.1 Å². The van der Waals surface area contributed by atoms with E-state index in [9.17, 15) is 9.59 Å². The van der Waals surface area contributed by atoms with E-state index in [0.717, 1.165) is 54.8 Å². The minimum Gasteiger partial charge on any atom is -0.379 e. The number of nitrogens with zero attached hydrogens (tertiary/aromatic N) is 2. The van der Waals surface area contributed by atoms with Crippen LogP contribution in [0.25, 0.3) is 10.6 Å². The van der Waals surface area contributed by atoms with Crippen molar-refractivity contribution in [2.45, 2.75) is 13.3 Å². The van der Waals surface area contributed by atoms with E-state index in [4.69, 9.17) is 4.74 Å². The molecule has 1 aliphatic rings. The number of anilines is 1. The summed E-state index contributed by atoms with van der Waals surface area (Å²) in [4.78, 5) is 30.2. The lowest BCUT2D eigenvalue weighted by molar-refractivity contribution is -0.120. The van der Waals surface area contributed by atoms with Gasteiger partial charge in [0.05, 0.1) is 25.3 Å². The number of morpholine rings is 1. The Labute approximate surface area is 162 Å². The molecule has 2 aromatic rings. The summed E-state index contributed by atoms with van der Waals surface area (Å²) >= 11 is 1.49. The minimum atomic E-state index is -0.110. The number of thiazole rings is 1. The van der Waals surface area contributed by atoms with E-state index < -0.39 is 0 Å². The first-order valence-electron chi connectivity index (χ1n) is 8.99. The van der Waals surface area contributed by atoms with E-state index in [1.807, 2.05) is 29.6 Å². The molecule has 1 aliphatic heterocycles. The average molecular weight is 388 g/mol. The molecule has 3 rings (SSSR count). The molecule has 1 aromatic heterocycles. The van der Waals surface area contributed by atoms with Crippen molar-refractivity contribution in [3.05, 3.63) is 35.3 Å². The Hall–Kier alpha value is -2.29. The van der Waals surface area contributed by atoms with E-state index in [2.05, 4.69) is 20.5 Å². The lowest BCUT2D eigenvalue weighted by atomic mass is 10.2. The number of aromatic nitrogens is 1. The van der Waals surface area contributed by atoms with Crippen LogP contribution < -0.4 is 10.6 Å². The van der Waals surface area contributed by atoms with Gasteiger partial charge in [0.25, 0.3) is 0 Å². The normalized spacial score (nSPS) is 14.7. The van der Waals surface area contributed by atoms with E-state index in [1.165, 1.54) is 18.3 Å². The Balaban J connectivity index is 1.50. The van der Waals surface area contributed by atoms with E-state index in [-0.39, 0.29) is 18.2 Å². The quantitative estimate of drug-likeness (QED) is 0.755. The fraction of sp³-hybridized carbons (Fsp3) is 0.421. The molecule has 1 aromatic carbocycles. The van der Waals surface area contributed by atoms with E-state index >= 15 is 0 Å². The van der Waals surface area contributed by atoms with Gasteiger partial charge in [-0.3, -0.25) is 14.5 Å². The van der Waals surface area contributed by atoms with Crippen LogP contribution in [0.5, 0.6) is 0 Å². The van der Waals surface area contributed by atoms with Gasteiger partial charge >= 0.3 is 0 Å². The lowest BCUT2D eigenvalue weighted by Gasteiger charge is -2.26. The van der Waals surface area contributed by atoms with Gasteiger partial charge in [-0.25, -0.2) is 4.98 Å². The molecule has 0 unspecified atom stereocenters. The maximum Gasteiger partial charge on any atom is 0.226 e. The largest absolute Gasteiger partial charge is 0.379 e. The summed E-state index contributed by atoms with van der Waals surface area (Å²) in [6.45, 7) is 6.32. The lowest BCUT2D eigenvalue weighted by Crippen LogP contribution is -2.41. The highest BCUT2D eigenvalue weighted by Crippen LogP contribution is 2.26. The van der Waals surface area contributed by atoms with Gasteiger partial charge in [0.2, 0.25) is 11.8 Å². The molecule has 144 valence electrons. The molecule has 1 saturated heterocycles. The molecular weight excluding hydrogens is 364 g/mol. The number of benzene rings is 1. The van der Waals surface area contributed by atoms with Crippen molar-refractivity contribution in [2.75, 3.05) is 44.7 Å². The van der Waals surface area contributed by atoms with Crippen LogP contribution in [0.2, 0.25) is 0 Å². The van der Waals surface area contributed by atoms with Crippen molar-refractivity contribution in [1.82, 2.24) is 15.2 Å². The van der Waals surface area contributed by atoms with Crippen molar-refractivity contribution in [3.8, 4) is 10.6 Å². The maximum absolute atomic E-state index is 12.1. The van der Waals surface area contributed by atoms with Crippen LogP contribution in [0.3, 0.4) is 0 Å². The predicted octanol–water partition coefficient (Wildman–Crippen LogP) is 1.76. The second-order valence-corrected chi connectivity index (χ2v) is 7.24. The highest BCUT2D eigenvalue weighted by Gasteiger charge is 2.12. The zero-order chi connectivity index (χ0) is 19.1. The second-order valence-electron chi connectivity index (χ2n) is 6.39. The average Bonchev–Trinajstić information content (AvgIpc) is 3.11. The fourth-order valence-corrected chi connectivity index (χ4v) is 3.68. The van der Waals surface area contributed by atoms with Crippen LogP contribution >= 0.6 is 11.3 Å². The van der Waals surface area contributed by atoms with Crippen LogP contribution in [0.1, 0.15) is 12.6 Å². The number of nitrogens with one attached hydrogen (secondary N) is 2. The first-order chi connectivity index (χ1) is 13.1. The van der Waals surface area contributed by atoms with Crippen molar-refractivity contribution in [3.63, 3.8) is 0 Å². The summed E-state index contributed by atoms with van der Waals surface area (Å²) in [6.07, 6.45) is 0.269. The monoisotopic (exact) mass is 388 g/mol. The number of carbonyl (C=O) groups excluding carboxylic acids is 2. The van der Waals surface area contributed by atoms with E-state index in [0.29, 0.717) is 6.54 Å². The third kappa shape index (κ3) is 6.13. The van der Waals surface area contributed by atoms with Gasteiger partial charge in [0.1, 0.15) is 5.01 Å². The molecule has 0 saturated carbocycles. The molecule has 0 atom stereocenters. The molecule has 0 radical (unpaired) electrons. The number of rotatable bonds is 7. The number of hydrogen-bond donors (Lipinski definition) is 2. The molecule has 2 amide bonds. The first-order valence-corrected chi connectivity index (χ1v) is 9.87. The van der Waals surface area contributed by atoms with Crippen molar-refractivity contribution >= 4 is 28.8 Å². The predicted molar refractivity (Wildman–Crippen MR) is 106 cm³/mol. The molecule has 2 heterocycles. The summed E-state index contributed by atoms with van der Waals surface area (Å²) in [5.41, 5.74) is 2.41. The molecule has 2 N–H and O–H groups in total. The number of hydrogen-bond acceptors (Lipinski definition) is 6. The van der Waals surface area contributed by atoms with Gasteiger partial charge in [0.15, 0.2) is 0 Å². The molecule has 0 aliphatic carbocycles. The minimum absolute atomic E-state index is 0.0212. The Morgan fingerprint density at radius 1 is 1.30 bits per heavy atom. The maximum atomic E-state index is 12.1. The standard InChI is InChI=1S/C19H24N4O3S/c1-14(24)21-16-4-2-3-15(11-16)19-22-17(13-27-19)12-18(25)20-5-6-23-7-9-26-10-8-23/h2-4,11,13H,5-10,12H2,1H3,(H,20,25)(H,21,24). The van der Waals surface area contributed by atoms with Gasteiger partial charge in [-0.05, 0) is 12.1 Å². The summed E-state index contributed by atoms with van der Waals surface area (Å²) in [5, 5.41) is 8.46. The molecule has 0 spiro atoms. The summed E-state index contributed by atoms with van der Waals surface area (Å²) in [6, 6.07) is 7.53. The van der Waals surface area contributed by atoms with Crippen LogP contribution in [0, 0.1) is 0 Å². The summed E-state index contributed by atoms with van der Waals surface area (Å²) < 4.78 is 5.31. The number of ether oxygens (including phenoxy) is 1. The molecule has 8 heteroatoms. The third-order valence-electron chi connectivity index (χ3n) is 4.18. The van der Waals surface area contributed by atoms with Crippen LogP contribution in [0.15, 0.2) is 29.6 Å². The van der Waals surface area contributed by atoms with Crippen LogP contribution in [-0.2, 0) is 20.7 Å². The highest BCUT2D eigenvalue weighted by molar-refractivity contribution is 7.13. The zero-order valence-corrected chi connectivity index (χ0v) is 16.2. The van der Waals surface area contributed by atoms with Gasteiger partial charge in [-0.2, -0.15) is 0 Å². The van der Waals surface area contributed by atoms with Crippen LogP contribution in [0.4, 0.5) is 5.69 Å². The Kier molecular flexibility index (Phi) is 6.92. The highest BCUT2D eigenvalue weighted by atomic mass is 32.1. The van der Waals surface area contributed by atoms with Crippen molar-refractivity contribution < 1.29 is 14.3 Å². The van der Waals surface area contributed by atoms with Gasteiger partial charge in [-0.15, -0.1) is 11.3 Å². The topological polar surface area (TPSA) is 83.6 Å². The Morgan fingerprint density at radius 2 is 2.11 bits per heavy atom. The molecule has 7 nitrogen and oxygen atoms in total. The number of carbonyl (C=O) groups is 2. The second kappa shape index (κ2) is 9.59. The van der Waals surface area contributed by atoms with Crippen molar-refractivity contribution in [2.24, 2.45) is 0 Å². The molecular formula is C19H24N4O3S. The first kappa shape index (κ1) is 19.5. The van der Waals surface area contributed by atoms with Crippen LogP contribution in [-0.4, -0.2) is 61.1 Å². The number of amides is 2. The Morgan fingerprint density at radius 3 is 2.89 bits per heavy atom. The molecule has 27 heavy (non-hydrogen) atoms. The smallest absolute Gasteiger partial charge is 0.226 e. The van der Waals surface area contributed by atoms with Crippen molar-refractivity contribution in [1.29, 1.82) is 0 Å². The fourth-order valence-electron chi connectivity index (χ4n) is 2.86. The van der Waals surface area contributed by atoms with Gasteiger partial charge in [0, 0.05) is 49.7 Å². The third-order valence-corrected chi connectivity index (χ3v) is 5.12. The summed E-state index contributed by atoms with van der Waals surface area (Å²) in [5.74, 6) is -0.132. The summed E-state index contributed by atoms with van der Waals surface area (Å²) in [7, 11) is 0. The van der Waals surface area contributed by atoms with Gasteiger partial charge < -0.3 is 15.4 Å². The molecule has 1 fully saturated rings.